The Hall–Kier alpha value is -2.24. The Morgan fingerprint density at radius 1 is 1.04 bits per heavy atom. The van der Waals surface area contributed by atoms with Gasteiger partial charge in [-0.3, -0.25) is 9.59 Å². The fraction of sp³-hybridized carbons (Fsp3) is 0.529. The van der Waals surface area contributed by atoms with E-state index in [1.54, 1.807) is 0 Å². The third-order valence-corrected chi connectivity index (χ3v) is 4.22. The molecule has 2 amide bonds. The molecule has 2 aliphatic rings. The third kappa shape index (κ3) is 4.37. The summed E-state index contributed by atoms with van der Waals surface area (Å²) in [6, 6.07) is 5.76. The monoisotopic (exact) mass is 318 g/mol. The van der Waals surface area contributed by atoms with Crippen molar-refractivity contribution in [3.63, 3.8) is 0 Å². The zero-order valence-electron chi connectivity index (χ0n) is 13.1. The van der Waals surface area contributed by atoms with Crippen LogP contribution in [-0.2, 0) is 16.1 Å². The molecule has 2 N–H and O–H groups in total. The summed E-state index contributed by atoms with van der Waals surface area (Å²) in [5.74, 6) is 0.940. The van der Waals surface area contributed by atoms with Gasteiger partial charge in [0.25, 0.3) is 0 Å². The Bertz CT molecular complexity index is 582. The first kappa shape index (κ1) is 15.6. The second-order valence-electron chi connectivity index (χ2n) is 6.04. The Morgan fingerprint density at radius 2 is 1.83 bits per heavy atom. The maximum Gasteiger partial charge on any atom is 0.231 e. The zero-order chi connectivity index (χ0) is 16.1. The van der Waals surface area contributed by atoms with E-state index in [-0.39, 0.29) is 31.1 Å². The minimum Gasteiger partial charge on any atom is -0.454 e. The Kier molecular flexibility index (Phi) is 5.00. The van der Waals surface area contributed by atoms with E-state index in [2.05, 4.69) is 10.6 Å². The highest BCUT2D eigenvalue weighted by Gasteiger charge is 2.18. The number of rotatable bonds is 5. The van der Waals surface area contributed by atoms with Gasteiger partial charge in [-0.05, 0) is 30.5 Å². The van der Waals surface area contributed by atoms with Gasteiger partial charge in [0.15, 0.2) is 11.5 Å². The van der Waals surface area contributed by atoms with Crippen molar-refractivity contribution in [1.29, 1.82) is 0 Å². The molecule has 1 saturated carbocycles. The minimum atomic E-state index is -0.268. The quantitative estimate of drug-likeness (QED) is 0.813. The Morgan fingerprint density at radius 3 is 2.65 bits per heavy atom. The molecule has 0 radical (unpaired) electrons. The number of benzene rings is 1. The van der Waals surface area contributed by atoms with E-state index in [9.17, 15) is 9.59 Å². The molecule has 0 saturated heterocycles. The SMILES string of the molecule is O=C(CC(=O)NC1CCCCC1)NCc1ccc2c(c1)OCO2. The van der Waals surface area contributed by atoms with Gasteiger partial charge in [-0.25, -0.2) is 0 Å². The standard InChI is InChI=1S/C17H22N2O4/c20-16(9-17(21)19-13-4-2-1-3-5-13)18-10-12-6-7-14-15(8-12)23-11-22-14/h6-8,13H,1-5,9-11H2,(H,18,20)(H,19,21). The summed E-state index contributed by atoms with van der Waals surface area (Å²) in [5.41, 5.74) is 0.912. The van der Waals surface area contributed by atoms with Crippen LogP contribution in [0, 0.1) is 0 Å². The third-order valence-electron chi connectivity index (χ3n) is 4.22. The molecule has 1 aliphatic carbocycles. The molecular weight excluding hydrogens is 296 g/mol. The van der Waals surface area contributed by atoms with Crippen LogP contribution in [-0.4, -0.2) is 24.6 Å². The number of carbonyl (C=O) groups is 2. The van der Waals surface area contributed by atoms with Gasteiger partial charge in [-0.15, -0.1) is 0 Å². The number of fused-ring (bicyclic) bond motifs is 1. The first-order valence-corrected chi connectivity index (χ1v) is 8.15. The molecule has 6 heteroatoms. The molecule has 0 bridgehead atoms. The highest BCUT2D eigenvalue weighted by molar-refractivity contribution is 5.96. The molecule has 1 aromatic rings. The first-order chi connectivity index (χ1) is 11.2. The van der Waals surface area contributed by atoms with Crippen LogP contribution in [0.3, 0.4) is 0 Å². The van der Waals surface area contributed by atoms with E-state index < -0.39 is 0 Å². The van der Waals surface area contributed by atoms with Crippen LogP contribution in [0.1, 0.15) is 44.1 Å². The van der Waals surface area contributed by atoms with E-state index in [4.69, 9.17) is 9.47 Å². The molecule has 1 aliphatic heterocycles. The first-order valence-electron chi connectivity index (χ1n) is 8.15. The second kappa shape index (κ2) is 7.35. The minimum absolute atomic E-state index is 0.124. The van der Waals surface area contributed by atoms with Gasteiger partial charge in [0, 0.05) is 12.6 Å². The number of amides is 2. The average molecular weight is 318 g/mol. The summed E-state index contributed by atoms with van der Waals surface area (Å²) in [5, 5.41) is 5.71. The number of hydrogen-bond acceptors (Lipinski definition) is 4. The van der Waals surface area contributed by atoms with Crippen LogP contribution in [0.25, 0.3) is 0 Å². The average Bonchev–Trinajstić information content (AvgIpc) is 3.01. The number of hydrogen-bond donors (Lipinski definition) is 2. The lowest BCUT2D eigenvalue weighted by molar-refractivity contribution is -0.129. The Labute approximate surface area is 135 Å². The lowest BCUT2D eigenvalue weighted by Gasteiger charge is -2.22. The molecule has 1 aromatic carbocycles. The number of nitrogens with one attached hydrogen (secondary N) is 2. The molecule has 0 spiro atoms. The molecule has 0 unspecified atom stereocenters. The van der Waals surface area contributed by atoms with Crippen molar-refractivity contribution in [3.05, 3.63) is 23.8 Å². The van der Waals surface area contributed by atoms with Crippen molar-refractivity contribution in [2.45, 2.75) is 51.1 Å². The largest absolute Gasteiger partial charge is 0.454 e. The fourth-order valence-corrected chi connectivity index (χ4v) is 2.99. The molecule has 23 heavy (non-hydrogen) atoms. The van der Waals surface area contributed by atoms with Gasteiger partial charge >= 0.3 is 0 Å². The van der Waals surface area contributed by atoms with Gasteiger partial charge in [0.1, 0.15) is 6.42 Å². The van der Waals surface area contributed by atoms with E-state index in [0.717, 1.165) is 31.2 Å². The fourth-order valence-electron chi connectivity index (χ4n) is 2.99. The molecule has 1 heterocycles. The van der Waals surface area contributed by atoms with Gasteiger partial charge in [-0.1, -0.05) is 25.3 Å². The molecular formula is C17H22N2O4. The van der Waals surface area contributed by atoms with Gasteiger partial charge in [0.05, 0.1) is 0 Å². The van der Waals surface area contributed by atoms with E-state index >= 15 is 0 Å². The summed E-state index contributed by atoms with van der Waals surface area (Å²) in [6.07, 6.45) is 5.46. The number of carbonyl (C=O) groups excluding carboxylic acids is 2. The van der Waals surface area contributed by atoms with E-state index in [1.165, 1.54) is 6.42 Å². The highest BCUT2D eigenvalue weighted by Crippen LogP contribution is 2.32. The van der Waals surface area contributed by atoms with Gasteiger partial charge in [-0.2, -0.15) is 0 Å². The summed E-state index contributed by atoms with van der Waals surface area (Å²) < 4.78 is 10.5. The predicted molar refractivity (Wildman–Crippen MR) is 84.0 cm³/mol. The molecule has 0 atom stereocenters. The van der Waals surface area contributed by atoms with E-state index in [0.29, 0.717) is 18.0 Å². The smallest absolute Gasteiger partial charge is 0.231 e. The van der Waals surface area contributed by atoms with Crippen molar-refractivity contribution >= 4 is 11.8 Å². The molecule has 1 fully saturated rings. The van der Waals surface area contributed by atoms with E-state index in [1.807, 2.05) is 18.2 Å². The van der Waals surface area contributed by atoms with Crippen LogP contribution in [0.15, 0.2) is 18.2 Å². The van der Waals surface area contributed by atoms with Crippen molar-refractivity contribution in [1.82, 2.24) is 10.6 Å². The van der Waals surface area contributed by atoms with Crippen LogP contribution < -0.4 is 20.1 Å². The summed E-state index contributed by atoms with van der Waals surface area (Å²) in [6.45, 7) is 0.596. The number of ether oxygens (including phenoxy) is 2. The summed E-state index contributed by atoms with van der Waals surface area (Å²) in [7, 11) is 0. The topological polar surface area (TPSA) is 76.7 Å². The van der Waals surface area contributed by atoms with Crippen LogP contribution >= 0.6 is 0 Å². The van der Waals surface area contributed by atoms with Crippen LogP contribution in [0.2, 0.25) is 0 Å². The van der Waals surface area contributed by atoms with Crippen molar-refractivity contribution in [2.75, 3.05) is 6.79 Å². The maximum absolute atomic E-state index is 11.9. The Balaban J connectivity index is 1.41. The molecule has 124 valence electrons. The summed E-state index contributed by atoms with van der Waals surface area (Å²) in [4.78, 5) is 23.8. The van der Waals surface area contributed by atoms with Crippen molar-refractivity contribution < 1.29 is 19.1 Å². The predicted octanol–water partition coefficient (Wildman–Crippen LogP) is 1.87. The lowest BCUT2D eigenvalue weighted by Crippen LogP contribution is -2.39. The normalized spacial score (nSPS) is 16.9. The second-order valence-corrected chi connectivity index (χ2v) is 6.04. The van der Waals surface area contributed by atoms with Crippen LogP contribution in [0.4, 0.5) is 0 Å². The van der Waals surface area contributed by atoms with Crippen LogP contribution in [0.5, 0.6) is 11.5 Å². The lowest BCUT2D eigenvalue weighted by atomic mass is 9.95. The maximum atomic E-state index is 11.9. The van der Waals surface area contributed by atoms with Gasteiger partial charge < -0.3 is 20.1 Å². The molecule has 6 nitrogen and oxygen atoms in total. The molecule has 3 rings (SSSR count). The van der Waals surface area contributed by atoms with Crippen molar-refractivity contribution in [2.24, 2.45) is 0 Å². The summed E-state index contributed by atoms with van der Waals surface area (Å²) >= 11 is 0. The van der Waals surface area contributed by atoms with Crippen molar-refractivity contribution in [3.8, 4) is 11.5 Å². The van der Waals surface area contributed by atoms with Gasteiger partial charge in [0.2, 0.25) is 18.6 Å². The zero-order valence-corrected chi connectivity index (χ0v) is 13.1. The molecule has 0 aromatic heterocycles. The highest BCUT2D eigenvalue weighted by atomic mass is 16.7.